The number of rotatable bonds is 4. The van der Waals surface area contributed by atoms with E-state index in [9.17, 15) is 14.9 Å². The van der Waals surface area contributed by atoms with Gasteiger partial charge in [-0.2, -0.15) is 0 Å². The highest BCUT2D eigenvalue weighted by Gasteiger charge is 2.41. The van der Waals surface area contributed by atoms with Gasteiger partial charge in [0.2, 0.25) is 6.54 Å². The summed E-state index contributed by atoms with van der Waals surface area (Å²) < 4.78 is 11.1. The fraction of sp³-hybridized carbons (Fsp3) is 0.278. The predicted octanol–water partition coefficient (Wildman–Crippen LogP) is 4.15. The summed E-state index contributed by atoms with van der Waals surface area (Å²) in [6.45, 7) is 1.45. The molecule has 2 atom stereocenters. The van der Waals surface area contributed by atoms with Gasteiger partial charge in [-0.3, -0.25) is 14.9 Å². The quantitative estimate of drug-likeness (QED) is 0.464. The molecular weight excluding hydrogens is 346 g/mol. The first kappa shape index (κ1) is 17.2. The maximum Gasteiger partial charge on any atom is 0.314 e. The van der Waals surface area contributed by atoms with E-state index < -0.39 is 29.3 Å². The van der Waals surface area contributed by atoms with E-state index in [1.165, 1.54) is 0 Å². The minimum absolute atomic E-state index is 0.186. The molecule has 0 N–H and O–H groups in total. The van der Waals surface area contributed by atoms with Gasteiger partial charge >= 0.3 is 5.97 Å². The zero-order valence-corrected chi connectivity index (χ0v) is 14.2. The van der Waals surface area contributed by atoms with Crippen LogP contribution in [0.25, 0.3) is 0 Å². The maximum absolute atomic E-state index is 12.7. The van der Waals surface area contributed by atoms with Crippen molar-refractivity contribution in [2.24, 2.45) is 0 Å². The molecule has 1 aliphatic heterocycles. The lowest BCUT2D eigenvalue weighted by atomic mass is 9.81. The topological polar surface area (TPSA) is 78.7 Å². The Bertz CT molecular complexity index is 823. The van der Waals surface area contributed by atoms with Crippen molar-refractivity contribution in [3.05, 3.63) is 68.7 Å². The van der Waals surface area contributed by atoms with Crippen molar-refractivity contribution < 1.29 is 19.2 Å². The number of carbonyl (C=O) groups excluding carboxylic acids is 1. The normalized spacial score (nSPS) is 18.3. The van der Waals surface area contributed by atoms with E-state index in [4.69, 9.17) is 21.1 Å². The fourth-order valence-electron chi connectivity index (χ4n) is 3.13. The summed E-state index contributed by atoms with van der Waals surface area (Å²) in [5.74, 6) is -1.17. The van der Waals surface area contributed by atoms with Gasteiger partial charge in [0, 0.05) is 21.1 Å². The van der Waals surface area contributed by atoms with Crippen LogP contribution in [0.15, 0.2) is 42.5 Å². The summed E-state index contributed by atoms with van der Waals surface area (Å²) in [4.78, 5) is 23.5. The number of nitro groups is 1. The minimum Gasteiger partial charge on any atom is -0.465 e. The van der Waals surface area contributed by atoms with Crippen molar-refractivity contribution in [2.45, 2.75) is 18.8 Å². The molecule has 2 aromatic carbocycles. The molecular formula is C18H16ClNO5. The molecule has 25 heavy (non-hydrogen) atoms. The van der Waals surface area contributed by atoms with Gasteiger partial charge in [0.25, 0.3) is 0 Å². The monoisotopic (exact) mass is 361 g/mol. The number of hydrogen-bond acceptors (Lipinski definition) is 5. The third-order valence-electron chi connectivity index (χ3n) is 4.13. The van der Waals surface area contributed by atoms with Crippen molar-refractivity contribution in [1.29, 1.82) is 0 Å². The van der Waals surface area contributed by atoms with E-state index in [2.05, 4.69) is 0 Å². The van der Waals surface area contributed by atoms with Crippen molar-refractivity contribution in [3.8, 4) is 11.5 Å². The Morgan fingerprint density at radius 3 is 2.68 bits per heavy atom. The van der Waals surface area contributed by atoms with E-state index in [0.29, 0.717) is 27.6 Å². The summed E-state index contributed by atoms with van der Waals surface area (Å²) in [5, 5.41) is 11.7. The number of halogens is 1. The average molecular weight is 362 g/mol. The second kappa shape index (κ2) is 7.11. The van der Waals surface area contributed by atoms with Gasteiger partial charge in [0.15, 0.2) is 0 Å². The lowest BCUT2D eigenvalue weighted by molar-refractivity contribution is -0.483. The molecule has 0 fully saturated rings. The Hall–Kier alpha value is -2.60. The van der Waals surface area contributed by atoms with E-state index >= 15 is 0 Å². The fourth-order valence-corrected chi connectivity index (χ4v) is 3.32. The average Bonchev–Trinajstić information content (AvgIpc) is 2.69. The van der Waals surface area contributed by atoms with Crippen LogP contribution >= 0.6 is 11.6 Å². The summed E-state index contributed by atoms with van der Waals surface area (Å²) in [5.41, 5.74) is 1.10. The Labute approximate surface area is 149 Å². The van der Waals surface area contributed by atoms with E-state index in [-0.39, 0.29) is 6.61 Å². The second-order valence-corrected chi connectivity index (χ2v) is 6.11. The molecule has 1 aliphatic rings. The number of para-hydroxylation sites is 1. The zero-order valence-electron chi connectivity index (χ0n) is 13.5. The lowest BCUT2D eigenvalue weighted by Gasteiger charge is -2.22. The largest absolute Gasteiger partial charge is 0.465 e. The lowest BCUT2D eigenvalue weighted by Crippen LogP contribution is -2.27. The number of hydrogen-bond donors (Lipinski definition) is 0. The Balaban J connectivity index is 2.23. The highest BCUT2D eigenvalue weighted by Crippen LogP contribution is 2.47. The highest BCUT2D eigenvalue weighted by atomic mass is 35.5. The summed E-state index contributed by atoms with van der Waals surface area (Å²) in [6.07, 6.45) is 0. The third-order valence-corrected chi connectivity index (χ3v) is 4.37. The zero-order chi connectivity index (χ0) is 18.0. The molecule has 0 radical (unpaired) electrons. The predicted molar refractivity (Wildman–Crippen MR) is 91.9 cm³/mol. The second-order valence-electron chi connectivity index (χ2n) is 5.67. The van der Waals surface area contributed by atoms with E-state index in [0.717, 1.165) is 0 Å². The summed E-state index contributed by atoms with van der Waals surface area (Å²) >= 11 is 6.09. The first-order valence-corrected chi connectivity index (χ1v) is 8.23. The number of esters is 1. The molecule has 0 aromatic heterocycles. The molecule has 3 rings (SSSR count). The number of ether oxygens (including phenoxy) is 2. The summed E-state index contributed by atoms with van der Waals surface area (Å²) in [6, 6.07) is 11.9. The van der Waals surface area contributed by atoms with Crippen molar-refractivity contribution in [3.63, 3.8) is 0 Å². The van der Waals surface area contributed by atoms with Crippen LogP contribution in [0.2, 0.25) is 5.02 Å². The van der Waals surface area contributed by atoms with Crippen LogP contribution in [0.1, 0.15) is 29.9 Å². The first-order chi connectivity index (χ1) is 12.0. The molecule has 0 unspecified atom stereocenters. The summed E-state index contributed by atoms with van der Waals surface area (Å²) in [7, 11) is 0. The van der Waals surface area contributed by atoms with Crippen LogP contribution in [0.5, 0.6) is 11.5 Å². The molecule has 130 valence electrons. The molecule has 1 heterocycles. The standard InChI is InChI=1S/C18H16ClNO5/c1-2-24-18(21)17-12-5-3-4-6-15(12)25-16-8-7-11(19)9-13(16)14(17)10-20(22)23/h3-9,14,17H,2,10H2,1H3/t14-,17-/m1/s1. The van der Waals surface area contributed by atoms with Gasteiger partial charge in [-0.05, 0) is 31.2 Å². The van der Waals surface area contributed by atoms with Crippen LogP contribution in [0.3, 0.4) is 0 Å². The molecule has 6 nitrogen and oxygen atoms in total. The van der Waals surface area contributed by atoms with Crippen molar-refractivity contribution in [1.82, 2.24) is 0 Å². The molecule has 0 spiro atoms. The molecule has 0 aliphatic carbocycles. The van der Waals surface area contributed by atoms with Crippen LogP contribution in [0, 0.1) is 10.1 Å². The van der Waals surface area contributed by atoms with Gasteiger partial charge in [0.1, 0.15) is 11.5 Å². The van der Waals surface area contributed by atoms with Crippen LogP contribution < -0.4 is 4.74 Å². The van der Waals surface area contributed by atoms with Gasteiger partial charge in [-0.25, -0.2) is 0 Å². The smallest absolute Gasteiger partial charge is 0.314 e. The maximum atomic E-state index is 12.7. The van der Waals surface area contributed by atoms with Crippen molar-refractivity contribution >= 4 is 17.6 Å². The number of fused-ring (bicyclic) bond motifs is 2. The van der Waals surface area contributed by atoms with Gasteiger partial charge in [0.05, 0.1) is 18.4 Å². The van der Waals surface area contributed by atoms with E-state index in [1.807, 2.05) is 0 Å². The minimum atomic E-state index is -0.846. The Morgan fingerprint density at radius 1 is 1.24 bits per heavy atom. The molecule has 7 heteroatoms. The molecule has 0 amide bonds. The number of nitrogens with zero attached hydrogens (tertiary/aromatic N) is 1. The molecule has 0 saturated carbocycles. The van der Waals surface area contributed by atoms with Crippen LogP contribution in [0.4, 0.5) is 0 Å². The van der Waals surface area contributed by atoms with Crippen LogP contribution in [-0.2, 0) is 9.53 Å². The molecule has 0 bridgehead atoms. The van der Waals surface area contributed by atoms with Crippen LogP contribution in [-0.4, -0.2) is 24.0 Å². The first-order valence-electron chi connectivity index (χ1n) is 7.86. The molecule has 2 aromatic rings. The van der Waals surface area contributed by atoms with Gasteiger partial charge in [-0.1, -0.05) is 29.8 Å². The Kier molecular flexibility index (Phi) is 4.90. The highest BCUT2D eigenvalue weighted by molar-refractivity contribution is 6.30. The van der Waals surface area contributed by atoms with Gasteiger partial charge in [-0.15, -0.1) is 0 Å². The SMILES string of the molecule is CCOC(=O)[C@@H]1c2ccccc2Oc2ccc(Cl)cc2[C@H]1C[N+](=O)[O-]. The number of carbonyl (C=O) groups is 1. The molecule has 0 saturated heterocycles. The van der Waals surface area contributed by atoms with Crippen molar-refractivity contribution in [2.75, 3.05) is 13.2 Å². The number of benzene rings is 2. The van der Waals surface area contributed by atoms with Gasteiger partial charge < -0.3 is 9.47 Å². The van der Waals surface area contributed by atoms with E-state index in [1.54, 1.807) is 49.4 Å². The Morgan fingerprint density at radius 2 is 1.96 bits per heavy atom. The third kappa shape index (κ3) is 3.44.